The van der Waals surface area contributed by atoms with Crippen LogP contribution < -0.4 is 0 Å². The van der Waals surface area contributed by atoms with Gasteiger partial charge in [-0.3, -0.25) is 4.79 Å². The summed E-state index contributed by atoms with van der Waals surface area (Å²) in [5, 5.41) is 4.10. The molecule has 0 bridgehead atoms. The summed E-state index contributed by atoms with van der Waals surface area (Å²) in [6.07, 6.45) is 12.4. The third kappa shape index (κ3) is 3.44. The van der Waals surface area contributed by atoms with Crippen molar-refractivity contribution in [1.29, 1.82) is 0 Å². The molecular weight excluding hydrogens is 378 g/mol. The van der Waals surface area contributed by atoms with Gasteiger partial charge in [0.05, 0.1) is 5.71 Å². The number of esters is 1. The summed E-state index contributed by atoms with van der Waals surface area (Å²) in [7, 11) is 0. The molecule has 6 atom stereocenters. The van der Waals surface area contributed by atoms with Crippen LogP contribution >= 0.6 is 0 Å². The average molecular weight is 414 g/mol. The van der Waals surface area contributed by atoms with Crippen molar-refractivity contribution in [2.45, 2.75) is 85.7 Å². The number of hydrogen-bond acceptors (Lipinski definition) is 5. The van der Waals surface area contributed by atoms with Gasteiger partial charge in [-0.05, 0) is 79.6 Å². The minimum atomic E-state index is -0.374. The average Bonchev–Trinajstić information content (AvgIpc) is 3.03. The van der Waals surface area contributed by atoms with Crippen LogP contribution in [0, 0.1) is 28.6 Å². The molecule has 0 aromatic heterocycles. The summed E-state index contributed by atoms with van der Waals surface area (Å²) in [6.45, 7) is 9.71. The van der Waals surface area contributed by atoms with Crippen molar-refractivity contribution in [2.75, 3.05) is 0 Å². The van der Waals surface area contributed by atoms with E-state index in [1.165, 1.54) is 31.4 Å². The van der Waals surface area contributed by atoms with E-state index < -0.39 is 0 Å². The Morgan fingerprint density at radius 2 is 1.70 bits per heavy atom. The smallest absolute Gasteiger partial charge is 0.331 e. The number of fused-ring (bicyclic) bond motifs is 5. The molecule has 0 aromatic rings. The third-order valence-electron chi connectivity index (χ3n) is 8.67. The maximum atomic E-state index is 11.4. The molecule has 0 aliphatic heterocycles. The Morgan fingerprint density at radius 1 is 0.967 bits per heavy atom. The van der Waals surface area contributed by atoms with Gasteiger partial charge in [-0.15, -0.1) is 0 Å². The Balaban J connectivity index is 1.55. The number of carbonyl (C=O) groups is 2. The molecule has 30 heavy (non-hydrogen) atoms. The normalized spacial score (nSPS) is 40.4. The fraction of sp³-hybridized carbons (Fsp3) is 0.720. The molecular formula is C25H35NO4. The van der Waals surface area contributed by atoms with E-state index in [-0.39, 0.29) is 28.9 Å². The van der Waals surface area contributed by atoms with Crippen LogP contribution in [0.25, 0.3) is 0 Å². The number of oxime groups is 1. The maximum absolute atomic E-state index is 11.4. The van der Waals surface area contributed by atoms with E-state index >= 15 is 0 Å². The molecule has 0 N–H and O–H groups in total. The Labute approximate surface area is 179 Å². The summed E-state index contributed by atoms with van der Waals surface area (Å²) in [4.78, 5) is 27.5. The van der Waals surface area contributed by atoms with Crippen molar-refractivity contribution in [3.05, 3.63) is 23.3 Å². The van der Waals surface area contributed by atoms with Gasteiger partial charge in [-0.25, -0.2) is 4.79 Å². The fourth-order valence-electron chi connectivity index (χ4n) is 7.27. The van der Waals surface area contributed by atoms with Crippen molar-refractivity contribution >= 4 is 17.7 Å². The summed E-state index contributed by atoms with van der Waals surface area (Å²) in [5.74, 6) is 1.42. The van der Waals surface area contributed by atoms with Gasteiger partial charge in [0.1, 0.15) is 6.10 Å². The van der Waals surface area contributed by atoms with Gasteiger partial charge in [0.25, 0.3) is 0 Å². The second kappa shape index (κ2) is 7.65. The first kappa shape index (κ1) is 21.3. The van der Waals surface area contributed by atoms with Gasteiger partial charge < -0.3 is 9.57 Å². The minimum absolute atomic E-state index is 0.0483. The van der Waals surface area contributed by atoms with Crippen molar-refractivity contribution in [2.24, 2.45) is 33.7 Å². The molecule has 0 spiro atoms. The molecule has 4 rings (SSSR count). The van der Waals surface area contributed by atoms with E-state index in [1.54, 1.807) is 0 Å². The van der Waals surface area contributed by atoms with Crippen molar-refractivity contribution in [1.82, 2.24) is 0 Å². The first-order valence-corrected chi connectivity index (χ1v) is 11.4. The standard InChI is InChI=1S/C25H35NO4/c1-15(26-30-17(3)28)21-8-9-22-20-7-6-18-14-19(29-16(2)27)10-12-24(18,4)23(20)11-13-25(21,22)5/h6,8,19-20,22-23H,7,9-14H2,1-5H3/b26-15-/t19-,20+,22+,23+,24-,25-/m0/s1. The van der Waals surface area contributed by atoms with Crippen LogP contribution in [0.1, 0.15) is 79.6 Å². The van der Waals surface area contributed by atoms with Crippen LogP contribution in [-0.4, -0.2) is 23.8 Å². The molecule has 5 nitrogen and oxygen atoms in total. The van der Waals surface area contributed by atoms with E-state index in [0.29, 0.717) is 17.8 Å². The van der Waals surface area contributed by atoms with Crippen LogP contribution in [0.15, 0.2) is 28.5 Å². The van der Waals surface area contributed by atoms with Crippen LogP contribution in [0.4, 0.5) is 0 Å². The Kier molecular flexibility index (Phi) is 5.44. The second-order valence-electron chi connectivity index (χ2n) is 10.3. The molecule has 0 amide bonds. The molecule has 4 aliphatic rings. The van der Waals surface area contributed by atoms with E-state index in [2.05, 4.69) is 31.2 Å². The Morgan fingerprint density at radius 3 is 2.40 bits per heavy atom. The SMILES string of the molecule is CC(=O)O/N=C(/C)C1=CC[C@@H]2[C@H]3CC=C4C[C@@H](OC(C)=O)CC[C@]4(C)[C@@H]3CC[C@@]12C. The largest absolute Gasteiger partial charge is 0.462 e. The molecule has 2 saturated carbocycles. The number of rotatable bonds is 3. The molecule has 2 fully saturated rings. The fourth-order valence-corrected chi connectivity index (χ4v) is 7.27. The highest BCUT2D eigenvalue weighted by atomic mass is 16.7. The molecule has 0 radical (unpaired) electrons. The van der Waals surface area contributed by atoms with Crippen molar-refractivity contribution in [3.8, 4) is 0 Å². The lowest BCUT2D eigenvalue weighted by molar-refractivity contribution is -0.148. The summed E-state index contributed by atoms with van der Waals surface area (Å²) >= 11 is 0. The lowest BCUT2D eigenvalue weighted by Crippen LogP contribution is -2.50. The molecule has 4 aliphatic carbocycles. The van der Waals surface area contributed by atoms with Gasteiger partial charge in [0, 0.05) is 20.3 Å². The summed E-state index contributed by atoms with van der Waals surface area (Å²) < 4.78 is 5.55. The lowest BCUT2D eigenvalue weighted by atomic mass is 9.47. The maximum Gasteiger partial charge on any atom is 0.331 e. The van der Waals surface area contributed by atoms with E-state index in [0.717, 1.165) is 44.2 Å². The Hall–Kier alpha value is -1.91. The highest BCUT2D eigenvalue weighted by molar-refractivity contribution is 5.99. The van der Waals surface area contributed by atoms with Gasteiger partial charge >= 0.3 is 11.9 Å². The lowest BCUT2D eigenvalue weighted by Gasteiger charge is -2.57. The van der Waals surface area contributed by atoms with Gasteiger partial charge in [0.15, 0.2) is 0 Å². The number of ether oxygens (including phenoxy) is 1. The molecule has 5 heteroatoms. The van der Waals surface area contributed by atoms with Crippen LogP contribution in [0.5, 0.6) is 0 Å². The van der Waals surface area contributed by atoms with Gasteiger partial charge in [-0.1, -0.05) is 36.7 Å². The van der Waals surface area contributed by atoms with E-state index in [1.807, 2.05) is 6.92 Å². The van der Waals surface area contributed by atoms with Gasteiger partial charge in [0.2, 0.25) is 0 Å². The molecule has 0 saturated heterocycles. The number of carbonyl (C=O) groups excluding carboxylic acids is 2. The Bertz CT molecular complexity index is 840. The topological polar surface area (TPSA) is 65.0 Å². The molecule has 0 unspecified atom stereocenters. The highest BCUT2D eigenvalue weighted by Crippen LogP contribution is 2.65. The first-order valence-electron chi connectivity index (χ1n) is 11.4. The number of hydrogen-bond donors (Lipinski definition) is 0. The minimum Gasteiger partial charge on any atom is -0.462 e. The van der Waals surface area contributed by atoms with Crippen LogP contribution in [0.2, 0.25) is 0 Å². The molecule has 0 heterocycles. The molecule has 0 aromatic carbocycles. The zero-order valence-electron chi connectivity index (χ0n) is 19.0. The predicted molar refractivity (Wildman–Crippen MR) is 116 cm³/mol. The van der Waals surface area contributed by atoms with Gasteiger partial charge in [-0.2, -0.15) is 0 Å². The van der Waals surface area contributed by atoms with Crippen molar-refractivity contribution < 1.29 is 19.2 Å². The number of nitrogens with zero attached hydrogens (tertiary/aromatic N) is 1. The quantitative estimate of drug-likeness (QED) is 0.205. The van der Waals surface area contributed by atoms with E-state index in [4.69, 9.17) is 9.57 Å². The van der Waals surface area contributed by atoms with Crippen LogP contribution in [-0.2, 0) is 19.2 Å². The first-order chi connectivity index (χ1) is 14.1. The molecule has 164 valence electrons. The zero-order chi connectivity index (χ0) is 21.7. The highest BCUT2D eigenvalue weighted by Gasteiger charge is 2.57. The summed E-state index contributed by atoms with van der Waals surface area (Å²) in [6, 6.07) is 0. The van der Waals surface area contributed by atoms with E-state index in [9.17, 15) is 9.59 Å². The zero-order valence-corrected chi connectivity index (χ0v) is 19.0. The predicted octanol–water partition coefficient (Wildman–Crippen LogP) is 5.36. The van der Waals surface area contributed by atoms with Crippen LogP contribution in [0.3, 0.4) is 0 Å². The third-order valence-corrected chi connectivity index (χ3v) is 8.67. The monoisotopic (exact) mass is 413 g/mol. The second-order valence-corrected chi connectivity index (χ2v) is 10.3. The number of allylic oxidation sites excluding steroid dienone is 3. The summed E-state index contributed by atoms with van der Waals surface area (Å²) in [5.41, 5.74) is 3.96. The van der Waals surface area contributed by atoms with Crippen molar-refractivity contribution in [3.63, 3.8) is 0 Å².